The number of ether oxygens (including phenoxy) is 2. The predicted molar refractivity (Wildman–Crippen MR) is 71.3 cm³/mol. The summed E-state index contributed by atoms with van der Waals surface area (Å²) in [6.45, 7) is 1.83. The van der Waals surface area contributed by atoms with Crippen molar-refractivity contribution in [3.05, 3.63) is 28.7 Å². The second-order valence-corrected chi connectivity index (χ2v) is 4.53. The van der Waals surface area contributed by atoms with E-state index < -0.39 is 6.10 Å². The van der Waals surface area contributed by atoms with Crippen LogP contribution in [0.4, 0.5) is 5.69 Å². The summed E-state index contributed by atoms with van der Waals surface area (Å²) in [6.07, 6.45) is -0.518. The van der Waals surface area contributed by atoms with Crippen LogP contribution in [0.2, 0.25) is 0 Å². The van der Waals surface area contributed by atoms with E-state index in [9.17, 15) is 5.11 Å². The Hall–Kier alpha value is -0.620. The summed E-state index contributed by atoms with van der Waals surface area (Å²) in [5, 5.41) is 12.8. The van der Waals surface area contributed by atoms with Crippen LogP contribution in [0, 0.1) is 0 Å². The zero-order valence-corrected chi connectivity index (χ0v) is 11.4. The van der Waals surface area contributed by atoms with Crippen molar-refractivity contribution < 1.29 is 14.6 Å². The fraction of sp³-hybridized carbons (Fsp3) is 0.500. The van der Waals surface area contributed by atoms with Crippen molar-refractivity contribution >= 4 is 21.6 Å². The molecule has 5 heteroatoms. The van der Waals surface area contributed by atoms with Crippen LogP contribution in [0.3, 0.4) is 0 Å². The first-order valence-electron chi connectivity index (χ1n) is 5.46. The maximum absolute atomic E-state index is 9.63. The average molecular weight is 304 g/mol. The lowest BCUT2D eigenvalue weighted by molar-refractivity contribution is 0.0182. The molecule has 0 bridgehead atoms. The molecule has 0 fully saturated rings. The summed E-state index contributed by atoms with van der Waals surface area (Å²) in [5.41, 5.74) is 0.976. The molecule has 0 saturated heterocycles. The molecule has 1 aromatic rings. The van der Waals surface area contributed by atoms with Crippen LogP contribution < -0.4 is 5.32 Å². The van der Waals surface area contributed by atoms with Crippen molar-refractivity contribution in [3.63, 3.8) is 0 Å². The van der Waals surface area contributed by atoms with Crippen LogP contribution in [0.15, 0.2) is 28.7 Å². The third-order valence-corrected chi connectivity index (χ3v) is 2.66. The van der Waals surface area contributed by atoms with Gasteiger partial charge in [-0.25, -0.2) is 0 Å². The van der Waals surface area contributed by atoms with Crippen LogP contribution in [-0.4, -0.2) is 44.7 Å². The van der Waals surface area contributed by atoms with Crippen LogP contribution >= 0.6 is 15.9 Å². The number of rotatable bonds is 8. The molecular formula is C12H18BrNO3. The summed E-state index contributed by atoms with van der Waals surface area (Å²) in [6, 6.07) is 7.79. The number of anilines is 1. The molecule has 0 aromatic heterocycles. The Bertz CT molecular complexity index is 305. The van der Waals surface area contributed by atoms with Crippen LogP contribution in [0.5, 0.6) is 0 Å². The monoisotopic (exact) mass is 303 g/mol. The van der Waals surface area contributed by atoms with Gasteiger partial charge in [0.25, 0.3) is 0 Å². The van der Waals surface area contributed by atoms with Gasteiger partial charge in [-0.15, -0.1) is 0 Å². The molecule has 0 radical (unpaired) electrons. The van der Waals surface area contributed by atoms with Gasteiger partial charge in [0.15, 0.2) is 0 Å². The Morgan fingerprint density at radius 1 is 1.29 bits per heavy atom. The van der Waals surface area contributed by atoms with E-state index >= 15 is 0 Å². The molecule has 0 aliphatic rings. The minimum atomic E-state index is -0.518. The Morgan fingerprint density at radius 3 is 2.65 bits per heavy atom. The highest BCUT2D eigenvalue weighted by Gasteiger charge is 2.03. The van der Waals surface area contributed by atoms with Crippen molar-refractivity contribution in [2.45, 2.75) is 6.10 Å². The lowest BCUT2D eigenvalue weighted by Gasteiger charge is -2.13. The van der Waals surface area contributed by atoms with Gasteiger partial charge in [-0.05, 0) is 24.3 Å². The topological polar surface area (TPSA) is 50.7 Å². The first kappa shape index (κ1) is 14.4. The van der Waals surface area contributed by atoms with Crippen LogP contribution in [-0.2, 0) is 9.47 Å². The van der Waals surface area contributed by atoms with E-state index in [1.807, 2.05) is 24.3 Å². The number of benzene rings is 1. The number of halogens is 1. The lowest BCUT2D eigenvalue weighted by atomic mass is 10.3. The van der Waals surface area contributed by atoms with E-state index in [0.29, 0.717) is 26.4 Å². The van der Waals surface area contributed by atoms with E-state index in [1.165, 1.54) is 0 Å². The number of hydrogen-bond acceptors (Lipinski definition) is 4. The number of hydrogen-bond donors (Lipinski definition) is 2. The molecule has 1 atom stereocenters. The number of aliphatic hydroxyl groups excluding tert-OH is 1. The minimum Gasteiger partial charge on any atom is -0.389 e. The molecule has 4 nitrogen and oxygen atoms in total. The standard InChI is InChI=1S/C12H18BrNO3/c1-16-6-7-17-9-12(15)8-14-11-4-2-10(13)3-5-11/h2-5,12,14-15H,6-9H2,1H3. The van der Waals surface area contributed by atoms with Crippen molar-refractivity contribution in [1.82, 2.24) is 0 Å². The highest BCUT2D eigenvalue weighted by molar-refractivity contribution is 9.10. The molecule has 0 aliphatic heterocycles. The molecular weight excluding hydrogens is 286 g/mol. The fourth-order valence-electron chi connectivity index (χ4n) is 1.22. The maximum atomic E-state index is 9.63. The molecule has 1 aromatic carbocycles. The highest BCUT2D eigenvalue weighted by atomic mass is 79.9. The molecule has 1 unspecified atom stereocenters. The maximum Gasteiger partial charge on any atom is 0.0945 e. The minimum absolute atomic E-state index is 0.312. The van der Waals surface area contributed by atoms with Gasteiger partial charge in [-0.1, -0.05) is 15.9 Å². The molecule has 0 amide bonds. The van der Waals surface area contributed by atoms with Gasteiger partial charge >= 0.3 is 0 Å². The third-order valence-electron chi connectivity index (χ3n) is 2.13. The van der Waals surface area contributed by atoms with Crippen LogP contribution in [0.1, 0.15) is 0 Å². The van der Waals surface area contributed by atoms with Gasteiger partial charge in [-0.3, -0.25) is 0 Å². The predicted octanol–water partition coefficient (Wildman–Crippen LogP) is 1.88. The van der Waals surface area contributed by atoms with Crippen molar-refractivity contribution in [3.8, 4) is 0 Å². The fourth-order valence-corrected chi connectivity index (χ4v) is 1.49. The third kappa shape index (κ3) is 6.63. The van der Waals surface area contributed by atoms with Crippen molar-refractivity contribution in [1.29, 1.82) is 0 Å². The SMILES string of the molecule is COCCOCC(O)CNc1ccc(Br)cc1. The first-order valence-corrected chi connectivity index (χ1v) is 6.26. The molecule has 0 spiro atoms. The van der Waals surface area contributed by atoms with Gasteiger partial charge in [0.1, 0.15) is 0 Å². The number of methoxy groups -OCH3 is 1. The highest BCUT2D eigenvalue weighted by Crippen LogP contribution is 2.13. The van der Waals surface area contributed by atoms with E-state index in [1.54, 1.807) is 7.11 Å². The normalized spacial score (nSPS) is 12.4. The zero-order valence-electron chi connectivity index (χ0n) is 9.86. The van der Waals surface area contributed by atoms with Crippen molar-refractivity contribution in [2.24, 2.45) is 0 Å². The van der Waals surface area contributed by atoms with E-state index in [-0.39, 0.29) is 0 Å². The summed E-state index contributed by atoms with van der Waals surface area (Å²) in [5.74, 6) is 0. The molecule has 2 N–H and O–H groups in total. The zero-order chi connectivity index (χ0) is 12.5. The van der Waals surface area contributed by atoms with Gasteiger partial charge in [0.2, 0.25) is 0 Å². The quantitative estimate of drug-likeness (QED) is 0.720. The molecule has 0 saturated carbocycles. The Balaban J connectivity index is 2.14. The second kappa shape index (κ2) is 8.47. The number of aliphatic hydroxyl groups is 1. The Labute approximate surface area is 110 Å². The molecule has 0 heterocycles. The molecule has 96 valence electrons. The van der Waals surface area contributed by atoms with Crippen LogP contribution in [0.25, 0.3) is 0 Å². The van der Waals surface area contributed by atoms with Crippen molar-refractivity contribution in [2.75, 3.05) is 38.8 Å². The molecule has 0 aliphatic carbocycles. The molecule has 17 heavy (non-hydrogen) atoms. The van der Waals surface area contributed by atoms with Gasteiger partial charge in [0.05, 0.1) is 25.9 Å². The first-order chi connectivity index (χ1) is 8.22. The summed E-state index contributed by atoms with van der Waals surface area (Å²) in [4.78, 5) is 0. The smallest absolute Gasteiger partial charge is 0.0945 e. The van der Waals surface area contributed by atoms with E-state index in [4.69, 9.17) is 9.47 Å². The summed E-state index contributed by atoms with van der Waals surface area (Å²) < 4.78 is 11.1. The average Bonchev–Trinajstić information content (AvgIpc) is 2.34. The van der Waals surface area contributed by atoms with E-state index in [2.05, 4.69) is 21.2 Å². The van der Waals surface area contributed by atoms with Gasteiger partial charge < -0.3 is 19.9 Å². The van der Waals surface area contributed by atoms with Gasteiger partial charge in [-0.2, -0.15) is 0 Å². The Kier molecular flexibility index (Phi) is 7.19. The number of nitrogens with one attached hydrogen (secondary N) is 1. The Morgan fingerprint density at radius 2 is 2.00 bits per heavy atom. The second-order valence-electron chi connectivity index (χ2n) is 3.61. The molecule has 1 rings (SSSR count). The lowest BCUT2D eigenvalue weighted by Crippen LogP contribution is -2.25. The van der Waals surface area contributed by atoms with E-state index in [0.717, 1.165) is 10.2 Å². The largest absolute Gasteiger partial charge is 0.389 e. The summed E-state index contributed by atoms with van der Waals surface area (Å²) in [7, 11) is 1.62. The summed E-state index contributed by atoms with van der Waals surface area (Å²) >= 11 is 3.37. The van der Waals surface area contributed by atoms with Gasteiger partial charge in [0, 0.05) is 23.8 Å².